The third-order valence-electron chi connectivity index (χ3n) is 2.21. The number of benzene rings is 1. The Bertz CT molecular complexity index is 506. The van der Waals surface area contributed by atoms with Gasteiger partial charge in [-0.3, -0.25) is 4.72 Å². The monoisotopic (exact) mass is 325 g/mol. The molecule has 0 unspecified atom stereocenters. The zero-order valence-corrected chi connectivity index (χ0v) is 13.0. The summed E-state index contributed by atoms with van der Waals surface area (Å²) in [5, 5.41) is 0.381. The van der Waals surface area contributed by atoms with Crippen molar-refractivity contribution in [2.24, 2.45) is 0 Å². The molecule has 0 heterocycles. The van der Waals surface area contributed by atoms with Crippen molar-refractivity contribution in [3.05, 3.63) is 23.2 Å². The molecule has 1 N–H and O–H groups in total. The second-order valence-corrected chi connectivity index (χ2v) is 6.58. The van der Waals surface area contributed by atoms with Gasteiger partial charge in [-0.2, -0.15) is 0 Å². The maximum absolute atomic E-state index is 11.7. The molecule has 0 aliphatic heterocycles. The maximum Gasteiger partial charge on any atom is 0.232 e. The lowest BCUT2D eigenvalue weighted by Crippen LogP contribution is -2.17. The molecule has 0 saturated heterocycles. The van der Waals surface area contributed by atoms with Crippen molar-refractivity contribution in [3.63, 3.8) is 0 Å². The van der Waals surface area contributed by atoms with Gasteiger partial charge in [0.15, 0.2) is 0 Å². The minimum absolute atomic E-state index is 0.0117. The second kappa shape index (κ2) is 7.82. The summed E-state index contributed by atoms with van der Waals surface area (Å²) in [5.41, 5.74) is 0.420. The molecule has 0 bridgehead atoms. The van der Waals surface area contributed by atoms with Crippen molar-refractivity contribution in [1.82, 2.24) is 0 Å². The molecule has 0 aliphatic carbocycles. The Kier molecular flexibility index (Phi) is 6.75. The van der Waals surface area contributed by atoms with Gasteiger partial charge in [0.1, 0.15) is 5.75 Å². The molecule has 1 aromatic carbocycles. The topological polar surface area (TPSA) is 55.4 Å². The molecule has 0 amide bonds. The standard InChI is InChI=1S/C12H17Cl2NO3S/c1-2-7-18-12-5-4-10(9-11(12)14)15-19(16,17)8-3-6-13/h4-5,9,15H,2-3,6-8H2,1H3. The third-order valence-corrected chi connectivity index (χ3v) is 4.15. The second-order valence-electron chi connectivity index (χ2n) is 3.96. The van der Waals surface area contributed by atoms with Gasteiger partial charge in [0.2, 0.25) is 10.0 Å². The first-order chi connectivity index (χ1) is 8.98. The summed E-state index contributed by atoms with van der Waals surface area (Å²) in [7, 11) is -3.38. The minimum Gasteiger partial charge on any atom is -0.492 e. The zero-order valence-electron chi connectivity index (χ0n) is 10.7. The highest BCUT2D eigenvalue weighted by molar-refractivity contribution is 7.92. The van der Waals surface area contributed by atoms with Crippen LogP contribution in [0.1, 0.15) is 19.8 Å². The molecule has 0 saturated carbocycles. The fourth-order valence-electron chi connectivity index (χ4n) is 1.37. The predicted molar refractivity (Wildman–Crippen MR) is 80.0 cm³/mol. The summed E-state index contributed by atoms with van der Waals surface area (Å²) >= 11 is 11.5. The molecular formula is C12H17Cl2NO3S. The quantitative estimate of drug-likeness (QED) is 0.744. The lowest BCUT2D eigenvalue weighted by atomic mass is 10.3. The number of hydrogen-bond donors (Lipinski definition) is 1. The number of rotatable bonds is 8. The summed E-state index contributed by atoms with van der Waals surface area (Å²) in [5.74, 6) is 0.848. The van der Waals surface area contributed by atoms with Crippen molar-refractivity contribution in [2.75, 3.05) is 23.0 Å². The summed E-state index contributed by atoms with van der Waals surface area (Å²) in [6.45, 7) is 2.56. The van der Waals surface area contributed by atoms with Gasteiger partial charge >= 0.3 is 0 Å². The van der Waals surface area contributed by atoms with Crippen LogP contribution in [0.4, 0.5) is 5.69 Å². The van der Waals surface area contributed by atoms with E-state index in [2.05, 4.69) is 4.72 Å². The van der Waals surface area contributed by atoms with Gasteiger partial charge in [0.05, 0.1) is 23.1 Å². The predicted octanol–water partition coefficient (Wildman–Crippen LogP) is 3.50. The largest absolute Gasteiger partial charge is 0.492 e. The normalized spacial score (nSPS) is 11.3. The fraction of sp³-hybridized carbons (Fsp3) is 0.500. The Morgan fingerprint density at radius 3 is 2.68 bits per heavy atom. The van der Waals surface area contributed by atoms with Crippen LogP contribution in [0.5, 0.6) is 5.75 Å². The van der Waals surface area contributed by atoms with Crippen molar-refractivity contribution >= 4 is 38.9 Å². The maximum atomic E-state index is 11.7. The Morgan fingerprint density at radius 2 is 2.11 bits per heavy atom. The van der Waals surface area contributed by atoms with Crippen LogP contribution in [-0.4, -0.2) is 26.7 Å². The van der Waals surface area contributed by atoms with E-state index in [4.69, 9.17) is 27.9 Å². The van der Waals surface area contributed by atoms with Gasteiger partial charge in [-0.05, 0) is 31.0 Å². The molecule has 0 aliphatic rings. The average Bonchev–Trinajstić information content (AvgIpc) is 2.35. The van der Waals surface area contributed by atoms with E-state index < -0.39 is 10.0 Å². The van der Waals surface area contributed by atoms with Crippen LogP contribution in [0.3, 0.4) is 0 Å². The van der Waals surface area contributed by atoms with Gasteiger partial charge in [-0.1, -0.05) is 18.5 Å². The molecule has 4 nitrogen and oxygen atoms in total. The number of sulfonamides is 1. The molecule has 1 aromatic rings. The number of anilines is 1. The molecule has 0 aromatic heterocycles. The zero-order chi connectivity index (χ0) is 14.3. The van der Waals surface area contributed by atoms with Gasteiger partial charge < -0.3 is 4.74 Å². The molecule has 1 rings (SSSR count). The van der Waals surface area contributed by atoms with E-state index in [0.717, 1.165) is 6.42 Å². The minimum atomic E-state index is -3.38. The van der Waals surface area contributed by atoms with Crippen LogP contribution in [-0.2, 0) is 10.0 Å². The average molecular weight is 326 g/mol. The lowest BCUT2D eigenvalue weighted by Gasteiger charge is -2.10. The number of alkyl halides is 1. The van der Waals surface area contributed by atoms with Crippen LogP contribution >= 0.6 is 23.2 Å². The van der Waals surface area contributed by atoms with Gasteiger partial charge in [0.25, 0.3) is 0 Å². The summed E-state index contributed by atoms with van der Waals surface area (Å²) in [4.78, 5) is 0. The van der Waals surface area contributed by atoms with Gasteiger partial charge in [0, 0.05) is 5.88 Å². The van der Waals surface area contributed by atoms with E-state index in [1.807, 2.05) is 6.92 Å². The van der Waals surface area contributed by atoms with Crippen molar-refractivity contribution in [3.8, 4) is 5.75 Å². The number of ether oxygens (including phenoxy) is 1. The highest BCUT2D eigenvalue weighted by atomic mass is 35.5. The first kappa shape index (κ1) is 16.4. The highest BCUT2D eigenvalue weighted by Crippen LogP contribution is 2.28. The molecule has 0 radical (unpaired) electrons. The number of halogens is 2. The van der Waals surface area contributed by atoms with Crippen molar-refractivity contribution in [1.29, 1.82) is 0 Å². The smallest absolute Gasteiger partial charge is 0.232 e. The molecule has 0 spiro atoms. The Balaban J connectivity index is 2.73. The van der Waals surface area contributed by atoms with E-state index >= 15 is 0 Å². The third kappa shape index (κ3) is 5.89. The Morgan fingerprint density at radius 1 is 1.37 bits per heavy atom. The first-order valence-electron chi connectivity index (χ1n) is 5.97. The van der Waals surface area contributed by atoms with E-state index in [1.54, 1.807) is 12.1 Å². The molecule has 19 heavy (non-hydrogen) atoms. The summed E-state index contributed by atoms with van der Waals surface area (Å²) in [6, 6.07) is 4.80. The lowest BCUT2D eigenvalue weighted by molar-refractivity contribution is 0.317. The van der Waals surface area contributed by atoms with Crippen LogP contribution in [0.15, 0.2) is 18.2 Å². The van der Waals surface area contributed by atoms with Gasteiger partial charge in [-0.15, -0.1) is 11.6 Å². The Labute approximate surface area is 124 Å². The molecule has 108 valence electrons. The SMILES string of the molecule is CCCOc1ccc(NS(=O)(=O)CCCCl)cc1Cl. The fourth-order valence-corrected chi connectivity index (χ4v) is 3.01. The van der Waals surface area contributed by atoms with Crippen LogP contribution in [0, 0.1) is 0 Å². The van der Waals surface area contributed by atoms with E-state index in [0.29, 0.717) is 35.4 Å². The van der Waals surface area contributed by atoms with Gasteiger partial charge in [-0.25, -0.2) is 8.42 Å². The van der Waals surface area contributed by atoms with Crippen molar-refractivity contribution < 1.29 is 13.2 Å². The van der Waals surface area contributed by atoms with E-state index in [9.17, 15) is 8.42 Å². The van der Waals surface area contributed by atoms with Crippen LogP contribution < -0.4 is 9.46 Å². The van der Waals surface area contributed by atoms with E-state index in [1.165, 1.54) is 6.07 Å². The van der Waals surface area contributed by atoms with Crippen LogP contribution in [0.2, 0.25) is 5.02 Å². The number of nitrogens with one attached hydrogen (secondary N) is 1. The molecule has 0 atom stereocenters. The highest BCUT2D eigenvalue weighted by Gasteiger charge is 2.11. The molecule has 7 heteroatoms. The van der Waals surface area contributed by atoms with Crippen molar-refractivity contribution in [2.45, 2.75) is 19.8 Å². The number of hydrogen-bond acceptors (Lipinski definition) is 3. The summed E-state index contributed by atoms with van der Waals surface area (Å²) in [6.07, 6.45) is 1.28. The molecule has 0 fully saturated rings. The molecular weight excluding hydrogens is 309 g/mol. The van der Waals surface area contributed by atoms with E-state index in [-0.39, 0.29) is 5.75 Å². The summed E-state index contributed by atoms with van der Waals surface area (Å²) < 4.78 is 31.2. The first-order valence-corrected chi connectivity index (χ1v) is 8.54. The Hall–Kier alpha value is -0.650. The van der Waals surface area contributed by atoms with Crippen LogP contribution in [0.25, 0.3) is 0 Å².